The molecule has 0 radical (unpaired) electrons. The molecular formula is C25H24N6O2S. The first-order valence-corrected chi connectivity index (χ1v) is 11.9. The molecule has 8 nitrogen and oxygen atoms in total. The topological polar surface area (TPSA) is 117 Å². The van der Waals surface area contributed by atoms with Gasteiger partial charge in [-0.1, -0.05) is 6.07 Å². The Morgan fingerprint density at radius 2 is 2.00 bits per heavy atom. The Labute approximate surface area is 203 Å². The van der Waals surface area contributed by atoms with Crippen LogP contribution in [0, 0.1) is 22.7 Å². The van der Waals surface area contributed by atoms with Crippen LogP contribution >= 0.6 is 11.8 Å². The van der Waals surface area contributed by atoms with Gasteiger partial charge in [0.2, 0.25) is 5.88 Å². The molecule has 0 aliphatic heterocycles. The van der Waals surface area contributed by atoms with Gasteiger partial charge in [-0.05, 0) is 37.5 Å². The van der Waals surface area contributed by atoms with Crippen molar-refractivity contribution in [3.8, 4) is 29.1 Å². The molecule has 0 amide bonds. The fourth-order valence-corrected chi connectivity index (χ4v) is 4.14. The van der Waals surface area contributed by atoms with Gasteiger partial charge < -0.3 is 14.8 Å². The summed E-state index contributed by atoms with van der Waals surface area (Å²) in [5.41, 5.74) is 2.91. The smallest absolute Gasteiger partial charge is 0.213 e. The van der Waals surface area contributed by atoms with E-state index in [0.29, 0.717) is 57.4 Å². The van der Waals surface area contributed by atoms with E-state index in [2.05, 4.69) is 27.4 Å². The van der Waals surface area contributed by atoms with E-state index in [4.69, 9.17) is 14.5 Å². The fourth-order valence-electron chi connectivity index (χ4n) is 3.21. The molecule has 3 aromatic heterocycles. The quantitative estimate of drug-likeness (QED) is 0.424. The number of methoxy groups -OCH3 is 1. The number of hydrogen-bond acceptors (Lipinski definition) is 9. The van der Waals surface area contributed by atoms with Gasteiger partial charge in [-0.25, -0.2) is 9.97 Å². The largest absolute Gasteiger partial charge is 0.475 e. The maximum absolute atomic E-state index is 10.1. The molecule has 0 aromatic carbocycles. The minimum Gasteiger partial charge on any atom is -0.475 e. The van der Waals surface area contributed by atoms with Gasteiger partial charge in [0.1, 0.15) is 35.2 Å². The number of nitriles is 2. The number of thioether (sulfide) groups is 1. The van der Waals surface area contributed by atoms with Crippen LogP contribution < -0.4 is 10.1 Å². The first-order chi connectivity index (χ1) is 16.6. The molecule has 1 N–H and O–H groups in total. The number of nitrogens with one attached hydrogen (secondary N) is 1. The van der Waals surface area contributed by atoms with Crippen LogP contribution in [-0.2, 0) is 10.5 Å². The molecule has 1 unspecified atom stereocenters. The number of aromatic nitrogens is 3. The van der Waals surface area contributed by atoms with Crippen molar-refractivity contribution in [1.29, 1.82) is 10.5 Å². The number of pyridine rings is 3. The van der Waals surface area contributed by atoms with E-state index < -0.39 is 0 Å². The molecule has 1 saturated carbocycles. The molecule has 3 aromatic rings. The molecule has 1 fully saturated rings. The van der Waals surface area contributed by atoms with Crippen molar-refractivity contribution in [2.75, 3.05) is 19.0 Å². The van der Waals surface area contributed by atoms with Crippen LogP contribution in [0.5, 0.6) is 5.88 Å². The molecule has 1 aliphatic carbocycles. The number of hydrogen-bond donors (Lipinski definition) is 1. The van der Waals surface area contributed by atoms with Crippen molar-refractivity contribution in [2.24, 2.45) is 0 Å². The number of rotatable bonds is 10. The Bertz CT molecular complexity index is 1220. The average molecular weight is 473 g/mol. The molecule has 3 heterocycles. The molecule has 0 bridgehead atoms. The van der Waals surface area contributed by atoms with Crippen molar-refractivity contribution >= 4 is 17.6 Å². The zero-order valence-corrected chi connectivity index (χ0v) is 19.8. The van der Waals surface area contributed by atoms with E-state index in [0.717, 1.165) is 18.4 Å². The molecule has 1 atom stereocenters. The molecule has 34 heavy (non-hydrogen) atoms. The molecule has 0 saturated heterocycles. The lowest BCUT2D eigenvalue weighted by Crippen LogP contribution is -2.16. The second kappa shape index (κ2) is 11.0. The highest BCUT2D eigenvalue weighted by atomic mass is 32.2. The van der Waals surface area contributed by atoms with Crippen molar-refractivity contribution in [1.82, 2.24) is 15.0 Å². The highest BCUT2D eigenvalue weighted by molar-refractivity contribution is 7.98. The lowest BCUT2D eigenvalue weighted by molar-refractivity contribution is 0.0699. The van der Waals surface area contributed by atoms with Crippen molar-refractivity contribution in [3.63, 3.8) is 0 Å². The monoisotopic (exact) mass is 472 g/mol. The highest BCUT2D eigenvalue weighted by Crippen LogP contribution is 2.39. The average Bonchev–Trinajstić information content (AvgIpc) is 3.70. The van der Waals surface area contributed by atoms with Gasteiger partial charge in [0.05, 0.1) is 11.7 Å². The Kier molecular flexibility index (Phi) is 7.58. The summed E-state index contributed by atoms with van der Waals surface area (Å²) >= 11 is 1.45. The van der Waals surface area contributed by atoms with Gasteiger partial charge in [0, 0.05) is 54.7 Å². The first-order valence-electron chi connectivity index (χ1n) is 10.9. The van der Waals surface area contributed by atoms with E-state index in [1.54, 1.807) is 31.8 Å². The lowest BCUT2D eigenvalue weighted by Gasteiger charge is -2.16. The lowest BCUT2D eigenvalue weighted by atomic mass is 9.98. The molecule has 0 spiro atoms. The molecule has 9 heteroatoms. The summed E-state index contributed by atoms with van der Waals surface area (Å²) in [5.74, 6) is 1.55. The number of ether oxygens (including phenoxy) is 2. The van der Waals surface area contributed by atoms with Gasteiger partial charge in [0.25, 0.3) is 0 Å². The third-order valence-corrected chi connectivity index (χ3v) is 6.34. The van der Waals surface area contributed by atoms with E-state index in [9.17, 15) is 10.5 Å². The predicted octanol–water partition coefficient (Wildman–Crippen LogP) is 4.56. The maximum atomic E-state index is 10.1. The number of nitrogens with zero attached hydrogens (tertiary/aromatic N) is 5. The third-order valence-electron chi connectivity index (χ3n) is 5.30. The second-order valence-electron chi connectivity index (χ2n) is 7.93. The Morgan fingerprint density at radius 1 is 1.18 bits per heavy atom. The minimum atomic E-state index is -0.0625. The molecule has 4 rings (SSSR count). The fraction of sp³-hybridized carbons (Fsp3) is 0.320. The van der Waals surface area contributed by atoms with Gasteiger partial charge in [-0.15, -0.1) is 11.8 Å². The van der Waals surface area contributed by atoms with E-state index in [1.807, 2.05) is 25.1 Å². The standard InChI is InChI=1S/C25H24N6O2S/c1-16(32-2)14-33-22-8-5-18(13-29-22)23-20(10-26)24(30-19-6-7-19)31-25(21(23)11-27)34-15-17-4-3-9-28-12-17/h3-5,8-9,12-13,16,19H,6-7,14-15H2,1-2H3,(H,30,31). The molecule has 172 valence electrons. The minimum absolute atomic E-state index is 0.0625. The number of anilines is 1. The van der Waals surface area contributed by atoms with Crippen molar-refractivity contribution < 1.29 is 9.47 Å². The van der Waals surface area contributed by atoms with Crippen LogP contribution in [0.1, 0.15) is 36.5 Å². The Hall–Kier alpha value is -3.66. The summed E-state index contributed by atoms with van der Waals surface area (Å²) in [6.07, 6.45) is 7.15. The molecule has 1 aliphatic rings. The van der Waals surface area contributed by atoms with Gasteiger partial charge in [-0.2, -0.15) is 10.5 Å². The summed E-state index contributed by atoms with van der Waals surface area (Å²) in [5, 5.41) is 24.0. The van der Waals surface area contributed by atoms with E-state index in [-0.39, 0.29) is 6.10 Å². The van der Waals surface area contributed by atoms with Gasteiger partial charge in [0.15, 0.2) is 0 Å². The summed E-state index contributed by atoms with van der Waals surface area (Å²) in [6.45, 7) is 2.28. The van der Waals surface area contributed by atoms with Crippen molar-refractivity contribution in [3.05, 3.63) is 59.5 Å². The van der Waals surface area contributed by atoms with Crippen LogP contribution in [0.15, 0.2) is 47.9 Å². The summed E-state index contributed by atoms with van der Waals surface area (Å²) in [7, 11) is 1.62. The highest BCUT2D eigenvalue weighted by Gasteiger charge is 2.27. The zero-order valence-electron chi connectivity index (χ0n) is 19.0. The zero-order chi connectivity index (χ0) is 23.9. The third kappa shape index (κ3) is 5.63. The molecular weight excluding hydrogens is 448 g/mol. The van der Waals surface area contributed by atoms with E-state index >= 15 is 0 Å². The summed E-state index contributed by atoms with van der Waals surface area (Å²) in [4.78, 5) is 13.2. The predicted molar refractivity (Wildman–Crippen MR) is 129 cm³/mol. The SMILES string of the molecule is COC(C)COc1ccc(-c2c(C#N)c(NC3CC3)nc(SCc3cccnc3)c2C#N)cn1. The van der Waals surface area contributed by atoms with Crippen molar-refractivity contribution in [2.45, 2.75) is 42.7 Å². The second-order valence-corrected chi connectivity index (χ2v) is 8.89. The van der Waals surface area contributed by atoms with Crippen LogP contribution in [-0.4, -0.2) is 40.8 Å². The maximum Gasteiger partial charge on any atom is 0.213 e. The first kappa shape index (κ1) is 23.5. The normalized spacial score (nSPS) is 13.5. The van der Waals surface area contributed by atoms with Crippen LogP contribution in [0.4, 0.5) is 5.82 Å². The van der Waals surface area contributed by atoms with Gasteiger partial charge >= 0.3 is 0 Å². The Morgan fingerprint density at radius 3 is 2.62 bits per heavy atom. The van der Waals surface area contributed by atoms with Crippen LogP contribution in [0.25, 0.3) is 11.1 Å². The van der Waals surface area contributed by atoms with E-state index in [1.165, 1.54) is 11.8 Å². The van der Waals surface area contributed by atoms with Gasteiger partial charge in [-0.3, -0.25) is 4.98 Å². The summed E-state index contributed by atoms with van der Waals surface area (Å²) < 4.78 is 10.9. The van der Waals surface area contributed by atoms with Crippen LogP contribution in [0.2, 0.25) is 0 Å². The van der Waals surface area contributed by atoms with Crippen LogP contribution in [0.3, 0.4) is 0 Å². The Balaban J connectivity index is 1.72. The summed E-state index contributed by atoms with van der Waals surface area (Å²) in [6, 6.07) is 12.2.